The first-order valence-electron chi connectivity index (χ1n) is 7.38. The molecule has 1 fully saturated rings. The van der Waals surface area contributed by atoms with E-state index < -0.39 is 11.9 Å². The van der Waals surface area contributed by atoms with Crippen molar-refractivity contribution in [2.75, 3.05) is 13.1 Å². The van der Waals surface area contributed by atoms with Crippen molar-refractivity contribution in [3.63, 3.8) is 0 Å². The van der Waals surface area contributed by atoms with E-state index in [0.717, 1.165) is 6.20 Å². The van der Waals surface area contributed by atoms with Crippen molar-refractivity contribution < 1.29 is 18.0 Å². The lowest BCUT2D eigenvalue weighted by Crippen LogP contribution is -2.39. The number of H-pyrrole nitrogens is 2. The van der Waals surface area contributed by atoms with Crippen LogP contribution in [0.2, 0.25) is 0 Å². The predicted octanol–water partition coefficient (Wildman–Crippen LogP) is 2.65. The minimum absolute atomic E-state index is 0.242. The highest BCUT2D eigenvalue weighted by Crippen LogP contribution is 2.31. The van der Waals surface area contributed by atoms with E-state index >= 15 is 0 Å². The summed E-state index contributed by atoms with van der Waals surface area (Å²) in [4.78, 5) is 22.9. The number of nitriles is 1. The predicted molar refractivity (Wildman–Crippen MR) is 77.0 cm³/mol. The van der Waals surface area contributed by atoms with Gasteiger partial charge in [0.1, 0.15) is 23.3 Å². The molecule has 0 bridgehead atoms. The van der Waals surface area contributed by atoms with Gasteiger partial charge in [-0.05, 0) is 18.9 Å². The fraction of sp³-hybridized carbons (Fsp3) is 0.400. The van der Waals surface area contributed by atoms with Gasteiger partial charge in [-0.15, -0.1) is 0 Å². The van der Waals surface area contributed by atoms with Crippen molar-refractivity contribution in [1.29, 1.82) is 5.26 Å². The second-order valence-electron chi connectivity index (χ2n) is 5.68. The molecular weight excluding hydrogens is 323 g/mol. The zero-order valence-electron chi connectivity index (χ0n) is 12.5. The highest BCUT2D eigenvalue weighted by Gasteiger charge is 2.35. The summed E-state index contributed by atoms with van der Waals surface area (Å²) in [5.41, 5.74) is -0.236. The van der Waals surface area contributed by atoms with Crippen LogP contribution in [0.4, 0.5) is 13.2 Å². The minimum Gasteiger partial charge on any atom is -0.352 e. The number of rotatable bonds is 2. The van der Waals surface area contributed by atoms with Gasteiger partial charge in [-0.1, -0.05) is 0 Å². The number of aromatic amines is 2. The van der Waals surface area contributed by atoms with Crippen LogP contribution in [0.3, 0.4) is 0 Å². The molecule has 2 aromatic heterocycles. The van der Waals surface area contributed by atoms with Crippen molar-refractivity contribution in [1.82, 2.24) is 19.9 Å². The number of piperidine rings is 1. The number of hydrogen-bond acceptors (Lipinski definition) is 3. The summed E-state index contributed by atoms with van der Waals surface area (Å²) in [6.07, 6.45) is -0.895. The first kappa shape index (κ1) is 16.1. The van der Waals surface area contributed by atoms with Gasteiger partial charge in [0.25, 0.3) is 5.91 Å². The number of nitrogens with one attached hydrogen (secondary N) is 2. The smallest absolute Gasteiger partial charge is 0.352 e. The summed E-state index contributed by atoms with van der Waals surface area (Å²) in [5, 5.41) is 8.79. The van der Waals surface area contributed by atoms with Crippen molar-refractivity contribution in [3.05, 3.63) is 41.2 Å². The van der Waals surface area contributed by atoms with E-state index in [0.29, 0.717) is 24.9 Å². The van der Waals surface area contributed by atoms with Gasteiger partial charge in [-0.3, -0.25) is 4.79 Å². The molecule has 1 amide bonds. The molecule has 0 aliphatic carbocycles. The third kappa shape index (κ3) is 3.13. The van der Waals surface area contributed by atoms with Gasteiger partial charge in [-0.2, -0.15) is 18.4 Å². The molecule has 3 heterocycles. The Morgan fingerprint density at radius 3 is 2.88 bits per heavy atom. The third-order valence-electron chi connectivity index (χ3n) is 4.05. The summed E-state index contributed by atoms with van der Waals surface area (Å²) < 4.78 is 38.0. The molecule has 2 N–H and O–H groups in total. The van der Waals surface area contributed by atoms with Crippen LogP contribution in [0.25, 0.3) is 0 Å². The van der Waals surface area contributed by atoms with Crippen molar-refractivity contribution in [2.45, 2.75) is 24.9 Å². The Bertz CT molecular complexity index is 786. The molecule has 24 heavy (non-hydrogen) atoms. The molecule has 1 aliphatic heterocycles. The van der Waals surface area contributed by atoms with Gasteiger partial charge in [0, 0.05) is 25.2 Å². The SMILES string of the molecule is N#Cc1cc(C(=O)N2CCCC(c3ncc(C(F)(F)F)[nH]3)C2)c[nH]1. The number of hydrogen-bond donors (Lipinski definition) is 2. The van der Waals surface area contributed by atoms with E-state index in [1.807, 2.05) is 6.07 Å². The van der Waals surface area contributed by atoms with Crippen LogP contribution in [0.15, 0.2) is 18.5 Å². The minimum atomic E-state index is -4.46. The second kappa shape index (κ2) is 6.03. The number of carbonyl (C=O) groups excluding carboxylic acids is 1. The molecule has 3 rings (SSSR count). The van der Waals surface area contributed by atoms with E-state index in [2.05, 4.69) is 15.0 Å². The highest BCUT2D eigenvalue weighted by molar-refractivity contribution is 5.94. The Hall–Kier alpha value is -2.76. The van der Waals surface area contributed by atoms with E-state index in [1.165, 1.54) is 12.3 Å². The van der Waals surface area contributed by atoms with Crippen molar-refractivity contribution in [2.24, 2.45) is 0 Å². The van der Waals surface area contributed by atoms with Gasteiger partial charge in [0.2, 0.25) is 0 Å². The standard InChI is InChI=1S/C15H14F3N5O/c16-15(17,18)12-7-21-13(22-12)9-2-1-3-23(8-9)14(24)10-4-11(5-19)20-6-10/h4,6-7,9,20H,1-3,8H2,(H,21,22). The third-order valence-corrected chi connectivity index (χ3v) is 4.05. The van der Waals surface area contributed by atoms with E-state index in [1.54, 1.807) is 4.90 Å². The number of likely N-dealkylation sites (tertiary alicyclic amines) is 1. The maximum Gasteiger partial charge on any atom is 0.432 e. The topological polar surface area (TPSA) is 88.6 Å². The molecule has 0 saturated carbocycles. The lowest BCUT2D eigenvalue weighted by molar-refractivity contribution is -0.141. The number of halogens is 3. The monoisotopic (exact) mass is 337 g/mol. The zero-order chi connectivity index (χ0) is 17.3. The Labute approximate surface area is 135 Å². The van der Waals surface area contributed by atoms with Gasteiger partial charge in [0.15, 0.2) is 0 Å². The molecule has 0 radical (unpaired) electrons. The average Bonchev–Trinajstić information content (AvgIpc) is 3.23. The lowest BCUT2D eigenvalue weighted by atomic mass is 9.97. The maximum absolute atomic E-state index is 12.7. The van der Waals surface area contributed by atoms with Crippen LogP contribution in [-0.2, 0) is 6.18 Å². The average molecular weight is 337 g/mol. The van der Waals surface area contributed by atoms with Gasteiger partial charge >= 0.3 is 6.18 Å². The van der Waals surface area contributed by atoms with Crippen LogP contribution in [0.5, 0.6) is 0 Å². The molecule has 1 unspecified atom stereocenters. The van der Waals surface area contributed by atoms with Gasteiger partial charge in [0.05, 0.1) is 11.8 Å². The summed E-state index contributed by atoms with van der Waals surface area (Å²) in [6, 6.07) is 3.37. The second-order valence-corrected chi connectivity index (χ2v) is 5.68. The highest BCUT2D eigenvalue weighted by atomic mass is 19.4. The van der Waals surface area contributed by atoms with E-state index in [4.69, 9.17) is 5.26 Å². The van der Waals surface area contributed by atoms with Gasteiger partial charge in [-0.25, -0.2) is 4.98 Å². The lowest BCUT2D eigenvalue weighted by Gasteiger charge is -2.31. The molecule has 1 atom stereocenters. The molecule has 0 aromatic carbocycles. The molecule has 126 valence electrons. The molecule has 1 saturated heterocycles. The fourth-order valence-electron chi connectivity index (χ4n) is 2.84. The Kier molecular flexibility index (Phi) is 4.05. The van der Waals surface area contributed by atoms with E-state index in [9.17, 15) is 18.0 Å². The van der Waals surface area contributed by atoms with Crippen LogP contribution < -0.4 is 0 Å². The van der Waals surface area contributed by atoms with Crippen LogP contribution >= 0.6 is 0 Å². The van der Waals surface area contributed by atoms with Crippen LogP contribution in [0, 0.1) is 11.3 Å². The number of carbonyl (C=O) groups is 1. The number of alkyl halides is 3. The quantitative estimate of drug-likeness (QED) is 0.883. The largest absolute Gasteiger partial charge is 0.432 e. The fourth-order valence-corrected chi connectivity index (χ4v) is 2.84. The van der Waals surface area contributed by atoms with Crippen molar-refractivity contribution in [3.8, 4) is 6.07 Å². The normalized spacial score (nSPS) is 18.4. The molecular formula is C15H14F3N5O. The zero-order valence-corrected chi connectivity index (χ0v) is 12.5. The number of nitrogens with zero attached hydrogens (tertiary/aromatic N) is 3. The van der Waals surface area contributed by atoms with E-state index in [-0.39, 0.29) is 29.9 Å². The van der Waals surface area contributed by atoms with Crippen LogP contribution in [-0.4, -0.2) is 38.8 Å². The van der Waals surface area contributed by atoms with Crippen LogP contribution in [0.1, 0.15) is 46.3 Å². The number of aromatic nitrogens is 3. The maximum atomic E-state index is 12.7. The molecule has 9 heteroatoms. The first-order chi connectivity index (χ1) is 11.4. The Morgan fingerprint density at radius 1 is 1.46 bits per heavy atom. The molecule has 1 aliphatic rings. The summed E-state index contributed by atoms with van der Waals surface area (Å²) in [6.45, 7) is 0.811. The Balaban J connectivity index is 1.73. The molecule has 0 spiro atoms. The number of imidazole rings is 1. The van der Waals surface area contributed by atoms with Gasteiger partial charge < -0.3 is 14.9 Å². The molecule has 2 aromatic rings. The summed E-state index contributed by atoms with van der Waals surface area (Å²) in [7, 11) is 0. The first-order valence-corrected chi connectivity index (χ1v) is 7.38. The summed E-state index contributed by atoms with van der Waals surface area (Å²) >= 11 is 0. The van der Waals surface area contributed by atoms with Crippen molar-refractivity contribution >= 4 is 5.91 Å². The molecule has 6 nitrogen and oxygen atoms in total. The Morgan fingerprint density at radius 2 is 2.25 bits per heavy atom. The number of amides is 1. The summed E-state index contributed by atoms with van der Waals surface area (Å²) in [5.74, 6) is -0.278.